The second-order valence-electron chi connectivity index (χ2n) is 5.96. The number of aliphatic hydroxyl groups is 1. The molecule has 1 aliphatic carbocycles. The highest BCUT2D eigenvalue weighted by molar-refractivity contribution is 5.93. The average Bonchev–Trinajstić information content (AvgIpc) is 2.88. The van der Waals surface area contributed by atoms with Crippen molar-refractivity contribution in [1.29, 1.82) is 0 Å². The van der Waals surface area contributed by atoms with Crippen LogP contribution in [0.3, 0.4) is 0 Å². The number of carbonyl (C=O) groups excluding carboxylic acids is 1. The Morgan fingerprint density at radius 2 is 1.79 bits per heavy atom. The van der Waals surface area contributed by atoms with E-state index in [1.807, 2.05) is 24.3 Å². The van der Waals surface area contributed by atoms with E-state index >= 15 is 0 Å². The van der Waals surface area contributed by atoms with Gasteiger partial charge >= 0.3 is 6.18 Å². The summed E-state index contributed by atoms with van der Waals surface area (Å²) >= 11 is 0. The van der Waals surface area contributed by atoms with Gasteiger partial charge in [-0.05, 0) is 23.3 Å². The Kier molecular flexibility index (Phi) is 4.04. The Hall–Kier alpha value is -2.41. The highest BCUT2D eigenvalue weighted by atomic mass is 19.4. The molecule has 2 aromatic rings. The lowest BCUT2D eigenvalue weighted by atomic mass is 10.0. The molecule has 0 spiro atoms. The summed E-state index contributed by atoms with van der Waals surface area (Å²) in [5.41, 5.74) is -0.0551. The Morgan fingerprint density at radius 1 is 1.17 bits per heavy atom. The number of alkyl halides is 3. The third-order valence-electron chi connectivity index (χ3n) is 4.05. The van der Waals surface area contributed by atoms with Gasteiger partial charge in [-0.25, -0.2) is 0 Å². The van der Waals surface area contributed by atoms with Crippen molar-refractivity contribution in [2.45, 2.75) is 24.6 Å². The van der Waals surface area contributed by atoms with Gasteiger partial charge in [0.15, 0.2) is 0 Å². The van der Waals surface area contributed by atoms with Crippen LogP contribution in [0.25, 0.3) is 0 Å². The molecule has 1 aromatic carbocycles. The van der Waals surface area contributed by atoms with Crippen LogP contribution in [0.2, 0.25) is 0 Å². The maximum Gasteiger partial charge on any atom is 0.433 e. The minimum atomic E-state index is -4.54. The smallest absolute Gasteiger partial charge is 0.387 e. The lowest BCUT2D eigenvalue weighted by Gasteiger charge is -2.22. The van der Waals surface area contributed by atoms with Crippen molar-refractivity contribution in [3.63, 3.8) is 0 Å². The second kappa shape index (κ2) is 5.90. The van der Waals surface area contributed by atoms with Gasteiger partial charge in [-0.3, -0.25) is 9.78 Å². The summed E-state index contributed by atoms with van der Waals surface area (Å²) < 4.78 is 37.4. The van der Waals surface area contributed by atoms with Crippen molar-refractivity contribution in [2.75, 3.05) is 6.54 Å². The zero-order valence-corrected chi connectivity index (χ0v) is 12.6. The van der Waals surface area contributed by atoms with Gasteiger partial charge in [-0.15, -0.1) is 0 Å². The van der Waals surface area contributed by atoms with E-state index in [2.05, 4.69) is 10.3 Å². The molecule has 0 unspecified atom stereocenters. The molecule has 0 fully saturated rings. The lowest BCUT2D eigenvalue weighted by Crippen LogP contribution is -2.43. The fraction of sp³-hybridized carbons (Fsp3) is 0.294. The molecule has 3 rings (SSSR count). The molecule has 0 saturated carbocycles. The minimum Gasteiger partial charge on any atom is -0.387 e. The van der Waals surface area contributed by atoms with Crippen LogP contribution in [0, 0.1) is 0 Å². The van der Waals surface area contributed by atoms with Crippen LogP contribution in [0.15, 0.2) is 42.6 Å². The number of aromatic nitrogens is 1. The summed E-state index contributed by atoms with van der Waals surface area (Å²) in [7, 11) is 0. The van der Waals surface area contributed by atoms with E-state index in [9.17, 15) is 23.1 Å². The van der Waals surface area contributed by atoms with Crippen LogP contribution in [0.1, 0.15) is 27.2 Å². The molecule has 0 aliphatic heterocycles. The number of nitrogens with one attached hydrogen (secondary N) is 1. The van der Waals surface area contributed by atoms with E-state index in [1.165, 1.54) is 0 Å². The predicted molar refractivity (Wildman–Crippen MR) is 80.4 cm³/mol. The quantitative estimate of drug-likeness (QED) is 0.904. The maximum atomic E-state index is 12.5. The number of halogens is 3. The number of pyridine rings is 1. The third kappa shape index (κ3) is 3.41. The Balaban J connectivity index is 1.62. The van der Waals surface area contributed by atoms with Gasteiger partial charge < -0.3 is 10.4 Å². The minimum absolute atomic E-state index is 0.0154. The first kappa shape index (κ1) is 16.4. The molecule has 0 atom stereocenters. The van der Waals surface area contributed by atoms with Crippen LogP contribution >= 0.6 is 0 Å². The van der Waals surface area contributed by atoms with Gasteiger partial charge in [0.05, 0.1) is 11.2 Å². The molecule has 1 amide bonds. The predicted octanol–water partition coefficient (Wildman–Crippen LogP) is 2.36. The van der Waals surface area contributed by atoms with Crippen LogP contribution < -0.4 is 5.32 Å². The fourth-order valence-corrected chi connectivity index (χ4v) is 2.84. The molecule has 24 heavy (non-hydrogen) atoms. The van der Waals surface area contributed by atoms with Crippen LogP contribution in [-0.2, 0) is 19.0 Å². The Morgan fingerprint density at radius 3 is 2.29 bits per heavy atom. The highest BCUT2D eigenvalue weighted by Crippen LogP contribution is 2.29. The van der Waals surface area contributed by atoms with Gasteiger partial charge in [-0.2, -0.15) is 13.2 Å². The molecule has 0 bridgehead atoms. The average molecular weight is 336 g/mol. The van der Waals surface area contributed by atoms with Gasteiger partial charge in [-0.1, -0.05) is 24.3 Å². The monoisotopic (exact) mass is 336 g/mol. The molecule has 0 radical (unpaired) electrons. The lowest BCUT2D eigenvalue weighted by molar-refractivity contribution is -0.141. The maximum absolute atomic E-state index is 12.5. The number of amides is 1. The number of hydrogen-bond acceptors (Lipinski definition) is 3. The molecular formula is C17H15F3N2O2. The number of benzene rings is 1. The van der Waals surface area contributed by atoms with Crippen molar-refractivity contribution >= 4 is 5.91 Å². The van der Waals surface area contributed by atoms with Gasteiger partial charge in [0.25, 0.3) is 5.91 Å². The topological polar surface area (TPSA) is 62.2 Å². The number of rotatable bonds is 3. The van der Waals surface area contributed by atoms with Crippen molar-refractivity contribution in [3.05, 3.63) is 65.0 Å². The SMILES string of the molecule is O=C(NCC1(O)Cc2ccccc2C1)c1ccc(C(F)(F)F)nc1. The highest BCUT2D eigenvalue weighted by Gasteiger charge is 2.35. The van der Waals surface area contributed by atoms with E-state index in [1.54, 1.807) is 0 Å². The van der Waals surface area contributed by atoms with E-state index in [4.69, 9.17) is 0 Å². The number of hydrogen-bond donors (Lipinski definition) is 2. The van der Waals surface area contributed by atoms with Crippen molar-refractivity contribution < 1.29 is 23.1 Å². The second-order valence-corrected chi connectivity index (χ2v) is 5.96. The van der Waals surface area contributed by atoms with Gasteiger partial charge in [0.1, 0.15) is 5.69 Å². The zero-order valence-electron chi connectivity index (χ0n) is 12.6. The summed E-state index contributed by atoms with van der Waals surface area (Å²) in [6.07, 6.45) is -2.81. The van der Waals surface area contributed by atoms with Crippen molar-refractivity contribution in [2.24, 2.45) is 0 Å². The third-order valence-corrected chi connectivity index (χ3v) is 4.05. The first-order chi connectivity index (χ1) is 11.3. The van der Waals surface area contributed by atoms with Crippen LogP contribution in [0.5, 0.6) is 0 Å². The zero-order chi connectivity index (χ0) is 17.4. The van der Waals surface area contributed by atoms with Crippen LogP contribution in [-0.4, -0.2) is 28.1 Å². The van der Waals surface area contributed by atoms with Gasteiger partial charge in [0, 0.05) is 25.6 Å². The summed E-state index contributed by atoms with van der Waals surface area (Å²) in [6, 6.07) is 9.45. The molecule has 7 heteroatoms. The molecule has 1 aliphatic rings. The van der Waals surface area contributed by atoms with E-state index < -0.39 is 23.4 Å². The summed E-state index contributed by atoms with van der Waals surface area (Å²) in [5.74, 6) is -0.569. The standard InChI is InChI=1S/C17H15F3N2O2/c18-17(19,20)14-6-5-13(9-21-14)15(23)22-10-16(24)7-11-3-1-2-4-12(11)8-16/h1-6,9,24H,7-8,10H2,(H,22,23). The van der Waals surface area contributed by atoms with Crippen molar-refractivity contribution in [1.82, 2.24) is 10.3 Å². The largest absolute Gasteiger partial charge is 0.433 e. The number of fused-ring (bicyclic) bond motifs is 1. The molecule has 1 aromatic heterocycles. The van der Waals surface area contributed by atoms with Crippen LogP contribution in [0.4, 0.5) is 13.2 Å². The van der Waals surface area contributed by atoms with Gasteiger partial charge in [0.2, 0.25) is 0 Å². The fourth-order valence-electron chi connectivity index (χ4n) is 2.84. The number of carbonyl (C=O) groups is 1. The first-order valence-electron chi connectivity index (χ1n) is 7.37. The molecule has 2 N–H and O–H groups in total. The first-order valence-corrected chi connectivity index (χ1v) is 7.37. The summed E-state index contributed by atoms with van der Waals surface area (Å²) in [5, 5.41) is 13.1. The van der Waals surface area contributed by atoms with E-state index in [-0.39, 0.29) is 12.1 Å². The summed E-state index contributed by atoms with van der Waals surface area (Å²) in [4.78, 5) is 15.3. The molecule has 4 nitrogen and oxygen atoms in total. The normalized spacial score (nSPS) is 15.8. The Bertz CT molecular complexity index is 732. The number of nitrogens with zero attached hydrogens (tertiary/aromatic N) is 1. The van der Waals surface area contributed by atoms with E-state index in [0.29, 0.717) is 12.8 Å². The molecular weight excluding hydrogens is 321 g/mol. The molecule has 0 saturated heterocycles. The summed E-state index contributed by atoms with van der Waals surface area (Å²) in [6.45, 7) is 0.0154. The van der Waals surface area contributed by atoms with E-state index in [0.717, 1.165) is 29.5 Å². The van der Waals surface area contributed by atoms with Crippen molar-refractivity contribution in [3.8, 4) is 0 Å². The molecule has 1 heterocycles. The Labute approximate surface area is 136 Å². The molecule has 126 valence electrons.